The Morgan fingerprint density at radius 2 is 2.04 bits per heavy atom. The number of carbonyl (C=O) groups excluding carboxylic acids is 3. The topological polar surface area (TPSA) is 100 Å². The Morgan fingerprint density at radius 1 is 1.29 bits per heavy atom. The van der Waals surface area contributed by atoms with Crippen molar-refractivity contribution in [1.29, 1.82) is 0 Å². The van der Waals surface area contributed by atoms with Crippen molar-refractivity contribution in [2.75, 3.05) is 5.32 Å². The molecular formula is C19H19FN4O3S. The SMILES string of the molecule is O=C1NC(=O)C2(CCC(C(=O)Nc3ncc(Cc4ccccc4F)s3)CC2)N1. The molecule has 4 amide bonds. The molecule has 2 heterocycles. The zero-order chi connectivity index (χ0) is 19.7. The standard InChI is InChI=1S/C19H19FN4O3S/c20-14-4-2-1-3-12(14)9-13-10-21-18(28-13)22-15(25)11-5-7-19(8-6-11)16(26)23-17(27)24-19/h1-4,10-11H,5-9H2,(H,21,22,25)(H2,23,24,26,27). The van der Waals surface area contributed by atoms with Crippen LogP contribution in [0.25, 0.3) is 0 Å². The van der Waals surface area contributed by atoms with E-state index in [1.807, 2.05) is 0 Å². The Balaban J connectivity index is 1.34. The molecule has 1 aliphatic carbocycles. The molecule has 1 aliphatic heterocycles. The molecule has 2 aromatic rings. The van der Waals surface area contributed by atoms with E-state index in [1.54, 1.807) is 24.4 Å². The predicted molar refractivity (Wildman–Crippen MR) is 101 cm³/mol. The van der Waals surface area contributed by atoms with Gasteiger partial charge in [0, 0.05) is 23.4 Å². The van der Waals surface area contributed by atoms with Gasteiger partial charge < -0.3 is 10.6 Å². The lowest BCUT2D eigenvalue weighted by molar-refractivity contribution is -0.128. The number of carbonyl (C=O) groups is 3. The van der Waals surface area contributed by atoms with Crippen molar-refractivity contribution in [1.82, 2.24) is 15.6 Å². The molecule has 2 fully saturated rings. The van der Waals surface area contributed by atoms with Gasteiger partial charge in [0.05, 0.1) is 0 Å². The first-order valence-electron chi connectivity index (χ1n) is 9.08. The highest BCUT2D eigenvalue weighted by Crippen LogP contribution is 2.35. The summed E-state index contributed by atoms with van der Waals surface area (Å²) in [5, 5.41) is 8.24. The van der Waals surface area contributed by atoms with Gasteiger partial charge in [-0.1, -0.05) is 18.2 Å². The van der Waals surface area contributed by atoms with Crippen LogP contribution in [0.2, 0.25) is 0 Å². The van der Waals surface area contributed by atoms with Crippen LogP contribution in [0, 0.1) is 11.7 Å². The fourth-order valence-electron chi connectivity index (χ4n) is 3.74. The molecule has 1 aromatic carbocycles. The number of nitrogens with zero attached hydrogens (tertiary/aromatic N) is 1. The highest BCUT2D eigenvalue weighted by atomic mass is 32.1. The molecule has 1 saturated heterocycles. The maximum Gasteiger partial charge on any atom is 0.322 e. The summed E-state index contributed by atoms with van der Waals surface area (Å²) in [6.45, 7) is 0. The Hall–Kier alpha value is -2.81. The van der Waals surface area contributed by atoms with E-state index in [2.05, 4.69) is 20.9 Å². The number of urea groups is 1. The van der Waals surface area contributed by atoms with Crippen molar-refractivity contribution in [2.24, 2.45) is 5.92 Å². The number of anilines is 1. The number of hydrogen-bond donors (Lipinski definition) is 3. The minimum absolute atomic E-state index is 0.147. The number of nitrogens with one attached hydrogen (secondary N) is 3. The van der Waals surface area contributed by atoms with Crippen molar-refractivity contribution in [3.8, 4) is 0 Å². The number of rotatable bonds is 4. The number of hydrogen-bond acceptors (Lipinski definition) is 5. The van der Waals surface area contributed by atoms with Crippen LogP contribution in [-0.4, -0.2) is 28.4 Å². The van der Waals surface area contributed by atoms with Crippen LogP contribution in [0.5, 0.6) is 0 Å². The Labute approximate surface area is 164 Å². The van der Waals surface area contributed by atoms with Crippen LogP contribution in [-0.2, 0) is 16.0 Å². The summed E-state index contributed by atoms with van der Waals surface area (Å²) in [5.74, 6) is -0.962. The average Bonchev–Trinajstić information content (AvgIpc) is 3.21. The molecule has 0 unspecified atom stereocenters. The third kappa shape index (κ3) is 3.62. The number of amides is 4. The van der Waals surface area contributed by atoms with E-state index < -0.39 is 11.6 Å². The lowest BCUT2D eigenvalue weighted by atomic mass is 9.76. The summed E-state index contributed by atoms with van der Waals surface area (Å²) in [4.78, 5) is 41.0. The van der Waals surface area contributed by atoms with Gasteiger partial charge in [-0.15, -0.1) is 11.3 Å². The second-order valence-electron chi connectivity index (χ2n) is 7.15. The maximum atomic E-state index is 13.8. The van der Waals surface area contributed by atoms with Crippen molar-refractivity contribution in [3.63, 3.8) is 0 Å². The molecule has 1 saturated carbocycles. The van der Waals surface area contributed by atoms with E-state index in [9.17, 15) is 18.8 Å². The third-order valence-corrected chi connectivity index (χ3v) is 6.24. The second kappa shape index (κ2) is 7.31. The predicted octanol–water partition coefficient (Wildman–Crippen LogP) is 2.58. The molecule has 0 radical (unpaired) electrons. The highest BCUT2D eigenvalue weighted by molar-refractivity contribution is 7.15. The first-order chi connectivity index (χ1) is 13.4. The summed E-state index contributed by atoms with van der Waals surface area (Å²) in [7, 11) is 0. The summed E-state index contributed by atoms with van der Waals surface area (Å²) in [6.07, 6.45) is 3.93. The van der Waals surface area contributed by atoms with Crippen LogP contribution < -0.4 is 16.0 Å². The van der Waals surface area contributed by atoms with Gasteiger partial charge in [-0.2, -0.15) is 0 Å². The normalized spacial score (nSPS) is 24.1. The van der Waals surface area contributed by atoms with Crippen LogP contribution in [0.1, 0.15) is 36.1 Å². The molecule has 1 spiro atoms. The van der Waals surface area contributed by atoms with Gasteiger partial charge in [0.25, 0.3) is 5.91 Å². The molecule has 0 atom stereocenters. The molecule has 4 rings (SSSR count). The van der Waals surface area contributed by atoms with Gasteiger partial charge in [-0.25, -0.2) is 14.2 Å². The quantitative estimate of drug-likeness (QED) is 0.685. The zero-order valence-electron chi connectivity index (χ0n) is 15.0. The molecule has 28 heavy (non-hydrogen) atoms. The van der Waals surface area contributed by atoms with Crippen molar-refractivity contribution in [2.45, 2.75) is 37.6 Å². The van der Waals surface area contributed by atoms with Crippen molar-refractivity contribution < 1.29 is 18.8 Å². The minimum Gasteiger partial charge on any atom is -0.323 e. The summed E-state index contributed by atoms with van der Waals surface area (Å²) in [6, 6.07) is 6.10. The van der Waals surface area contributed by atoms with Crippen molar-refractivity contribution in [3.05, 3.63) is 46.7 Å². The van der Waals surface area contributed by atoms with E-state index in [-0.39, 0.29) is 23.5 Å². The Bertz CT molecular complexity index is 937. The van der Waals surface area contributed by atoms with Crippen LogP contribution in [0.3, 0.4) is 0 Å². The van der Waals surface area contributed by atoms with Crippen LogP contribution >= 0.6 is 11.3 Å². The second-order valence-corrected chi connectivity index (χ2v) is 8.27. The fourth-order valence-corrected chi connectivity index (χ4v) is 4.58. The largest absolute Gasteiger partial charge is 0.323 e. The molecule has 9 heteroatoms. The first kappa shape index (κ1) is 18.5. The first-order valence-corrected chi connectivity index (χ1v) is 9.89. The van der Waals surface area contributed by atoms with Crippen molar-refractivity contribution >= 4 is 34.3 Å². The molecule has 0 bridgehead atoms. The maximum absolute atomic E-state index is 13.8. The minimum atomic E-state index is -0.873. The van der Waals surface area contributed by atoms with E-state index in [0.29, 0.717) is 42.8 Å². The highest BCUT2D eigenvalue weighted by Gasteiger charge is 2.48. The van der Waals surface area contributed by atoms with Gasteiger partial charge in [-0.05, 0) is 37.3 Å². The lowest BCUT2D eigenvalue weighted by Gasteiger charge is -2.33. The number of halogens is 1. The number of thiazole rings is 1. The van der Waals surface area contributed by atoms with Gasteiger partial charge in [0.2, 0.25) is 5.91 Å². The summed E-state index contributed by atoms with van der Waals surface area (Å²) >= 11 is 1.32. The smallest absolute Gasteiger partial charge is 0.322 e. The molecule has 146 valence electrons. The van der Waals surface area contributed by atoms with Gasteiger partial charge in [0.15, 0.2) is 5.13 Å². The Kier molecular flexibility index (Phi) is 4.84. The summed E-state index contributed by atoms with van der Waals surface area (Å²) in [5.41, 5.74) is -0.291. The van der Waals surface area contributed by atoms with E-state index in [4.69, 9.17) is 0 Å². The van der Waals surface area contributed by atoms with Gasteiger partial charge in [-0.3, -0.25) is 14.9 Å². The van der Waals surface area contributed by atoms with E-state index >= 15 is 0 Å². The van der Waals surface area contributed by atoms with Gasteiger partial charge >= 0.3 is 6.03 Å². The number of imide groups is 1. The lowest BCUT2D eigenvalue weighted by Crippen LogP contribution is -2.50. The number of benzene rings is 1. The van der Waals surface area contributed by atoms with E-state index in [1.165, 1.54) is 17.4 Å². The number of aromatic nitrogens is 1. The fraction of sp³-hybridized carbons (Fsp3) is 0.368. The molecule has 1 aromatic heterocycles. The molecule has 3 N–H and O–H groups in total. The molecule has 2 aliphatic rings. The van der Waals surface area contributed by atoms with Crippen LogP contribution in [0.4, 0.5) is 14.3 Å². The van der Waals surface area contributed by atoms with Crippen LogP contribution in [0.15, 0.2) is 30.5 Å². The van der Waals surface area contributed by atoms with E-state index in [0.717, 1.165) is 4.88 Å². The third-order valence-electron chi connectivity index (χ3n) is 5.33. The summed E-state index contributed by atoms with van der Waals surface area (Å²) < 4.78 is 13.8. The zero-order valence-corrected chi connectivity index (χ0v) is 15.8. The Morgan fingerprint density at radius 3 is 2.71 bits per heavy atom. The average molecular weight is 402 g/mol. The molecule has 7 nitrogen and oxygen atoms in total. The van der Waals surface area contributed by atoms with Gasteiger partial charge in [0.1, 0.15) is 11.4 Å². The monoisotopic (exact) mass is 402 g/mol. The molecular weight excluding hydrogens is 383 g/mol.